The topological polar surface area (TPSA) is 98.6 Å². The lowest BCUT2D eigenvalue weighted by atomic mass is 10.2. The molecule has 0 atom stereocenters. The summed E-state index contributed by atoms with van der Waals surface area (Å²) in [6.07, 6.45) is 2.82. The highest BCUT2D eigenvalue weighted by Gasteiger charge is 2.18. The summed E-state index contributed by atoms with van der Waals surface area (Å²) in [7, 11) is 1.51. The molecule has 0 saturated heterocycles. The van der Waals surface area contributed by atoms with Crippen molar-refractivity contribution in [1.29, 1.82) is 0 Å². The van der Waals surface area contributed by atoms with Crippen LogP contribution >= 0.6 is 23.4 Å². The average Bonchev–Trinajstić information content (AvgIpc) is 3.26. The molecule has 3 rings (SSSR count). The highest BCUT2D eigenvalue weighted by atomic mass is 35.5. The van der Waals surface area contributed by atoms with E-state index in [1.54, 1.807) is 30.3 Å². The average molecular weight is 379 g/mol. The van der Waals surface area contributed by atoms with Crippen molar-refractivity contribution < 1.29 is 23.5 Å². The third-order valence-electron chi connectivity index (χ3n) is 3.02. The Balaban J connectivity index is 1.89. The molecule has 0 bridgehead atoms. The molecule has 0 aliphatic heterocycles. The van der Waals surface area contributed by atoms with Crippen LogP contribution in [0, 0.1) is 0 Å². The Hall–Kier alpha value is -2.71. The number of thioether (sulfide) groups is 1. The normalized spacial score (nSPS) is 11.5. The number of carboxylic acids is 1. The van der Waals surface area contributed by atoms with Crippen LogP contribution < -0.4 is 4.74 Å². The fourth-order valence-electron chi connectivity index (χ4n) is 1.94. The number of ether oxygens (including phenoxy) is 1. The summed E-state index contributed by atoms with van der Waals surface area (Å²) in [4.78, 5) is 11.4. The summed E-state index contributed by atoms with van der Waals surface area (Å²) >= 11 is 6.80. The van der Waals surface area contributed by atoms with Crippen LogP contribution in [0.2, 0.25) is 5.02 Å². The van der Waals surface area contributed by atoms with Crippen LogP contribution in [0.1, 0.15) is 5.76 Å². The van der Waals surface area contributed by atoms with Crippen LogP contribution in [-0.2, 0) is 4.79 Å². The molecule has 2 heterocycles. The van der Waals surface area contributed by atoms with Crippen molar-refractivity contribution in [2.75, 3.05) is 7.11 Å². The van der Waals surface area contributed by atoms with Gasteiger partial charge in [0.15, 0.2) is 0 Å². The lowest BCUT2D eigenvalue weighted by molar-refractivity contribution is -0.131. The number of furan rings is 1. The quantitative estimate of drug-likeness (QED) is 0.503. The van der Waals surface area contributed by atoms with Crippen LogP contribution in [0.15, 0.2) is 55.6 Å². The fourth-order valence-corrected chi connectivity index (χ4v) is 2.76. The van der Waals surface area contributed by atoms with Gasteiger partial charge < -0.3 is 18.7 Å². The molecular weight excluding hydrogens is 368 g/mol. The first-order chi connectivity index (χ1) is 12.1. The summed E-state index contributed by atoms with van der Waals surface area (Å²) in [5.74, 6) is -0.0543. The number of halogens is 1. The minimum atomic E-state index is -1.14. The van der Waals surface area contributed by atoms with E-state index in [4.69, 9.17) is 25.2 Å². The Morgan fingerprint density at radius 3 is 2.88 bits per heavy atom. The maximum Gasteiger partial charge on any atom is 0.342 e. The van der Waals surface area contributed by atoms with Gasteiger partial charge in [0.25, 0.3) is 11.1 Å². The lowest BCUT2D eigenvalue weighted by Crippen LogP contribution is -1.96. The van der Waals surface area contributed by atoms with Gasteiger partial charge in [0.1, 0.15) is 16.4 Å². The smallest absolute Gasteiger partial charge is 0.342 e. The van der Waals surface area contributed by atoms with E-state index in [1.165, 1.54) is 19.4 Å². The summed E-state index contributed by atoms with van der Waals surface area (Å²) < 4.78 is 15.9. The molecule has 1 N–H and O–H groups in total. The molecule has 128 valence electrons. The number of benzene rings is 1. The minimum absolute atomic E-state index is 0.0248. The number of carboxylic acid groups (broad SMARTS) is 1. The number of hydrogen-bond donors (Lipinski definition) is 1. The Labute approximate surface area is 151 Å². The molecule has 0 aliphatic carbocycles. The van der Waals surface area contributed by atoms with E-state index in [2.05, 4.69) is 10.2 Å². The maximum atomic E-state index is 11.4. The first-order valence-corrected chi connectivity index (χ1v) is 8.10. The molecule has 0 spiro atoms. The molecule has 7 nitrogen and oxygen atoms in total. The zero-order chi connectivity index (χ0) is 17.8. The predicted octanol–water partition coefficient (Wildman–Crippen LogP) is 4.21. The first-order valence-electron chi connectivity index (χ1n) is 6.90. The van der Waals surface area contributed by atoms with E-state index in [-0.39, 0.29) is 16.0 Å². The summed E-state index contributed by atoms with van der Waals surface area (Å²) in [6.45, 7) is 0. The molecule has 3 aromatic rings. The lowest BCUT2D eigenvalue weighted by Gasteiger charge is -2.04. The molecular formula is C16H11ClN2O5S. The molecule has 9 heteroatoms. The van der Waals surface area contributed by atoms with Crippen LogP contribution in [0.25, 0.3) is 17.5 Å². The maximum absolute atomic E-state index is 11.4. The zero-order valence-electron chi connectivity index (χ0n) is 12.8. The van der Waals surface area contributed by atoms with Gasteiger partial charge in [0.2, 0.25) is 0 Å². The van der Waals surface area contributed by atoms with Crippen molar-refractivity contribution in [1.82, 2.24) is 10.2 Å². The predicted molar refractivity (Wildman–Crippen MR) is 91.5 cm³/mol. The highest BCUT2D eigenvalue weighted by Crippen LogP contribution is 2.34. The number of rotatable bonds is 6. The van der Waals surface area contributed by atoms with Gasteiger partial charge in [-0.2, -0.15) is 0 Å². The van der Waals surface area contributed by atoms with E-state index in [9.17, 15) is 9.90 Å². The number of aliphatic carboxylic acids is 1. The Bertz CT molecular complexity index is 921. The Kier molecular flexibility index (Phi) is 5.11. The SMILES string of the molecule is COc1ccc(Cl)cc1-c1nnc(S/C(=C\c2ccco2)C(=O)O)o1. The summed E-state index contributed by atoms with van der Waals surface area (Å²) in [6, 6.07) is 8.27. The van der Waals surface area contributed by atoms with Gasteiger partial charge in [-0.15, -0.1) is 10.2 Å². The fraction of sp³-hybridized carbons (Fsp3) is 0.0625. The van der Waals surface area contributed by atoms with Gasteiger partial charge in [-0.25, -0.2) is 4.79 Å². The second kappa shape index (κ2) is 7.45. The molecule has 1 aromatic carbocycles. The van der Waals surface area contributed by atoms with Gasteiger partial charge >= 0.3 is 5.97 Å². The Morgan fingerprint density at radius 2 is 2.20 bits per heavy atom. The van der Waals surface area contributed by atoms with Crippen molar-refractivity contribution in [3.63, 3.8) is 0 Å². The van der Waals surface area contributed by atoms with Crippen LogP contribution in [0.3, 0.4) is 0 Å². The van der Waals surface area contributed by atoms with Gasteiger partial charge in [0.05, 0.1) is 18.9 Å². The minimum Gasteiger partial charge on any atom is -0.496 e. The number of methoxy groups -OCH3 is 1. The molecule has 0 amide bonds. The standard InChI is InChI=1S/C16H11ClN2O5S/c1-22-12-5-4-9(17)7-11(12)14-18-19-16(24-14)25-13(15(20)21)8-10-3-2-6-23-10/h2-8H,1H3,(H,20,21)/b13-8-. The Morgan fingerprint density at radius 1 is 1.36 bits per heavy atom. The van der Waals surface area contributed by atoms with Crippen molar-refractivity contribution in [3.05, 3.63) is 52.3 Å². The highest BCUT2D eigenvalue weighted by molar-refractivity contribution is 8.03. The van der Waals surface area contributed by atoms with Crippen LogP contribution in [0.4, 0.5) is 0 Å². The summed E-state index contributed by atoms with van der Waals surface area (Å²) in [5.41, 5.74) is 0.515. The molecule has 0 saturated carbocycles. The van der Waals surface area contributed by atoms with Gasteiger partial charge in [-0.3, -0.25) is 0 Å². The van der Waals surface area contributed by atoms with Crippen molar-refractivity contribution in [2.45, 2.75) is 5.22 Å². The largest absolute Gasteiger partial charge is 0.496 e. The van der Waals surface area contributed by atoms with Crippen molar-refractivity contribution in [3.8, 4) is 17.2 Å². The monoisotopic (exact) mass is 378 g/mol. The third-order valence-corrected chi connectivity index (χ3v) is 4.11. The molecule has 2 aromatic heterocycles. The van der Waals surface area contributed by atoms with Crippen LogP contribution in [-0.4, -0.2) is 28.4 Å². The number of carbonyl (C=O) groups is 1. The zero-order valence-corrected chi connectivity index (χ0v) is 14.4. The molecule has 0 aliphatic rings. The third kappa shape index (κ3) is 4.04. The van der Waals surface area contributed by atoms with Crippen molar-refractivity contribution in [2.24, 2.45) is 0 Å². The van der Waals surface area contributed by atoms with E-state index in [1.807, 2.05) is 0 Å². The first kappa shape index (κ1) is 17.1. The van der Waals surface area contributed by atoms with E-state index < -0.39 is 5.97 Å². The van der Waals surface area contributed by atoms with Gasteiger partial charge in [-0.05, 0) is 42.1 Å². The second-order valence-electron chi connectivity index (χ2n) is 4.65. The number of aromatic nitrogens is 2. The van der Waals surface area contributed by atoms with Gasteiger partial charge in [0, 0.05) is 11.1 Å². The van der Waals surface area contributed by atoms with E-state index in [0.717, 1.165) is 11.8 Å². The van der Waals surface area contributed by atoms with E-state index >= 15 is 0 Å². The second-order valence-corrected chi connectivity index (χ2v) is 6.08. The molecule has 0 fully saturated rings. The van der Waals surface area contributed by atoms with E-state index in [0.29, 0.717) is 22.1 Å². The number of hydrogen-bond acceptors (Lipinski definition) is 7. The molecule has 25 heavy (non-hydrogen) atoms. The van der Waals surface area contributed by atoms with Crippen molar-refractivity contribution >= 4 is 35.4 Å². The van der Waals surface area contributed by atoms with Crippen LogP contribution in [0.5, 0.6) is 5.75 Å². The molecule has 0 radical (unpaired) electrons. The summed E-state index contributed by atoms with van der Waals surface area (Å²) in [5, 5.41) is 17.7. The number of nitrogens with zero attached hydrogens (tertiary/aromatic N) is 2. The van der Waals surface area contributed by atoms with Gasteiger partial charge in [-0.1, -0.05) is 11.6 Å². The molecule has 0 unspecified atom stereocenters.